The van der Waals surface area contributed by atoms with Gasteiger partial charge in [-0.05, 0) is 48.7 Å². The Morgan fingerprint density at radius 3 is 2.16 bits per heavy atom. The third-order valence-corrected chi connectivity index (χ3v) is 5.39. The molecule has 2 N–H and O–H groups in total. The van der Waals surface area contributed by atoms with Gasteiger partial charge in [0.25, 0.3) is 0 Å². The number of hydrogen-bond donors (Lipinski definition) is 2. The van der Waals surface area contributed by atoms with Gasteiger partial charge in [-0.1, -0.05) is 37.6 Å². The van der Waals surface area contributed by atoms with Crippen molar-refractivity contribution in [2.75, 3.05) is 5.32 Å². The van der Waals surface area contributed by atoms with Gasteiger partial charge in [-0.2, -0.15) is 0 Å². The van der Waals surface area contributed by atoms with Gasteiger partial charge in [0.15, 0.2) is 0 Å². The molecule has 134 valence electrons. The van der Waals surface area contributed by atoms with Gasteiger partial charge in [0.2, 0.25) is 15.9 Å². The van der Waals surface area contributed by atoms with Gasteiger partial charge in [-0.15, -0.1) is 0 Å². The highest BCUT2D eigenvalue weighted by molar-refractivity contribution is 7.89. The Balaban J connectivity index is 2.10. The highest BCUT2D eigenvalue weighted by Crippen LogP contribution is 2.19. The number of hydrogen-bond acceptors (Lipinski definition) is 3. The smallest absolute Gasteiger partial charge is 0.241 e. The molecule has 0 spiro atoms. The quantitative estimate of drug-likeness (QED) is 0.791. The summed E-state index contributed by atoms with van der Waals surface area (Å²) in [5.41, 5.74) is 2.72. The van der Waals surface area contributed by atoms with E-state index in [0.29, 0.717) is 5.69 Å². The second-order valence-electron chi connectivity index (χ2n) is 6.04. The maximum atomic E-state index is 12.5. The van der Waals surface area contributed by atoms with E-state index in [1.165, 1.54) is 24.6 Å². The van der Waals surface area contributed by atoms with E-state index in [-0.39, 0.29) is 16.8 Å². The van der Waals surface area contributed by atoms with Crippen LogP contribution in [0.1, 0.15) is 44.4 Å². The van der Waals surface area contributed by atoms with Crippen molar-refractivity contribution < 1.29 is 13.2 Å². The normalized spacial score (nSPS) is 12.6. The molecule has 0 saturated carbocycles. The van der Waals surface area contributed by atoms with Gasteiger partial charge in [0.05, 0.1) is 4.90 Å². The molecule has 1 amide bonds. The fourth-order valence-corrected chi connectivity index (χ4v) is 3.78. The molecular weight excluding hydrogens is 336 g/mol. The summed E-state index contributed by atoms with van der Waals surface area (Å²) in [4.78, 5) is 11.2. The van der Waals surface area contributed by atoms with Crippen LogP contribution in [0.15, 0.2) is 53.4 Å². The van der Waals surface area contributed by atoms with E-state index in [2.05, 4.69) is 17.0 Å². The van der Waals surface area contributed by atoms with Crippen LogP contribution in [0.25, 0.3) is 0 Å². The Bertz CT molecular complexity index is 813. The zero-order chi connectivity index (χ0) is 18.4. The minimum atomic E-state index is -3.64. The van der Waals surface area contributed by atoms with Crippen molar-refractivity contribution in [2.24, 2.45) is 0 Å². The number of anilines is 1. The van der Waals surface area contributed by atoms with Crippen molar-refractivity contribution >= 4 is 21.6 Å². The molecule has 2 aromatic rings. The molecule has 0 heterocycles. The molecule has 6 heteroatoms. The maximum absolute atomic E-state index is 12.5. The van der Waals surface area contributed by atoms with E-state index < -0.39 is 10.0 Å². The Morgan fingerprint density at radius 1 is 1.04 bits per heavy atom. The molecule has 2 aromatic carbocycles. The van der Waals surface area contributed by atoms with Crippen molar-refractivity contribution in [3.05, 3.63) is 59.7 Å². The van der Waals surface area contributed by atoms with Gasteiger partial charge in [-0.3, -0.25) is 4.79 Å². The molecule has 0 aliphatic rings. The van der Waals surface area contributed by atoms with E-state index >= 15 is 0 Å². The molecule has 0 aliphatic carbocycles. The molecule has 0 aromatic heterocycles. The Hall–Kier alpha value is -2.18. The molecule has 0 fully saturated rings. The number of sulfonamides is 1. The molecule has 0 bridgehead atoms. The first-order chi connectivity index (χ1) is 11.8. The summed E-state index contributed by atoms with van der Waals surface area (Å²) < 4.78 is 27.7. The molecular formula is C19H24N2O3S. The summed E-state index contributed by atoms with van der Waals surface area (Å²) in [6, 6.07) is 13.7. The second-order valence-corrected chi connectivity index (χ2v) is 7.75. The van der Waals surface area contributed by atoms with E-state index in [0.717, 1.165) is 18.4 Å². The lowest BCUT2D eigenvalue weighted by Gasteiger charge is -2.15. The summed E-state index contributed by atoms with van der Waals surface area (Å²) in [5, 5.41) is 2.61. The first-order valence-corrected chi connectivity index (χ1v) is 9.79. The number of rotatable bonds is 7. The van der Waals surface area contributed by atoms with Gasteiger partial charge >= 0.3 is 0 Å². The topological polar surface area (TPSA) is 75.3 Å². The van der Waals surface area contributed by atoms with Crippen LogP contribution < -0.4 is 10.0 Å². The molecule has 0 radical (unpaired) electrons. The average Bonchev–Trinajstić information content (AvgIpc) is 2.55. The van der Waals surface area contributed by atoms with Crippen LogP contribution in [-0.4, -0.2) is 14.3 Å². The van der Waals surface area contributed by atoms with Crippen molar-refractivity contribution in [1.29, 1.82) is 0 Å². The van der Waals surface area contributed by atoms with Crippen molar-refractivity contribution in [3.8, 4) is 0 Å². The van der Waals surface area contributed by atoms with Crippen molar-refractivity contribution in [1.82, 2.24) is 4.72 Å². The Labute approximate surface area is 149 Å². The summed E-state index contributed by atoms with van der Waals surface area (Å²) >= 11 is 0. The lowest BCUT2D eigenvalue weighted by atomic mass is 10.0. The third-order valence-electron chi connectivity index (χ3n) is 3.84. The monoisotopic (exact) mass is 360 g/mol. The van der Waals surface area contributed by atoms with Crippen LogP contribution in [-0.2, 0) is 21.2 Å². The van der Waals surface area contributed by atoms with Crippen LogP contribution in [0.4, 0.5) is 5.69 Å². The van der Waals surface area contributed by atoms with Crippen molar-refractivity contribution in [2.45, 2.75) is 44.6 Å². The van der Waals surface area contributed by atoms with E-state index in [1.807, 2.05) is 31.2 Å². The predicted octanol–water partition coefficient (Wildman–Crippen LogP) is 3.64. The zero-order valence-electron chi connectivity index (χ0n) is 14.7. The molecule has 25 heavy (non-hydrogen) atoms. The number of benzene rings is 2. The highest BCUT2D eigenvalue weighted by Gasteiger charge is 2.18. The van der Waals surface area contributed by atoms with Crippen LogP contribution >= 0.6 is 0 Å². The standard InChI is InChI=1S/C19H24N2O3S/c1-4-5-16-6-8-17(9-7-16)14(2)21-25(23,24)19-12-10-18(11-13-19)20-15(3)22/h6-14,21H,4-5H2,1-3H3,(H,20,22). The molecule has 1 atom stereocenters. The lowest BCUT2D eigenvalue weighted by Crippen LogP contribution is -2.26. The van der Waals surface area contributed by atoms with Crippen molar-refractivity contribution in [3.63, 3.8) is 0 Å². The number of carbonyl (C=O) groups is 1. The summed E-state index contributed by atoms with van der Waals surface area (Å²) in [6.07, 6.45) is 2.09. The summed E-state index contributed by atoms with van der Waals surface area (Å²) in [7, 11) is -3.64. The van der Waals surface area contributed by atoms with E-state index in [1.54, 1.807) is 12.1 Å². The Kier molecular flexibility index (Phi) is 6.33. The third kappa shape index (κ3) is 5.41. The summed E-state index contributed by atoms with van der Waals surface area (Å²) in [6.45, 7) is 5.35. The SMILES string of the molecule is CCCc1ccc(C(C)NS(=O)(=O)c2ccc(NC(C)=O)cc2)cc1. The number of nitrogens with one attached hydrogen (secondary N) is 2. The molecule has 0 aliphatic heterocycles. The Morgan fingerprint density at radius 2 is 1.64 bits per heavy atom. The molecule has 2 rings (SSSR count). The average molecular weight is 360 g/mol. The highest BCUT2D eigenvalue weighted by atomic mass is 32.2. The molecule has 5 nitrogen and oxygen atoms in total. The minimum Gasteiger partial charge on any atom is -0.326 e. The van der Waals surface area contributed by atoms with E-state index in [9.17, 15) is 13.2 Å². The number of aryl methyl sites for hydroxylation is 1. The number of amides is 1. The summed E-state index contributed by atoms with van der Waals surface area (Å²) in [5.74, 6) is -0.200. The van der Waals surface area contributed by atoms with Crippen LogP contribution in [0.2, 0.25) is 0 Å². The van der Waals surface area contributed by atoms with Crippen LogP contribution in [0.5, 0.6) is 0 Å². The fourth-order valence-electron chi connectivity index (χ4n) is 2.55. The zero-order valence-corrected chi connectivity index (χ0v) is 15.6. The second kappa shape index (κ2) is 8.27. The van der Waals surface area contributed by atoms with Gasteiger partial charge in [0.1, 0.15) is 0 Å². The van der Waals surface area contributed by atoms with Gasteiger partial charge in [0, 0.05) is 18.7 Å². The maximum Gasteiger partial charge on any atom is 0.241 e. The van der Waals surface area contributed by atoms with Gasteiger partial charge < -0.3 is 5.32 Å². The largest absolute Gasteiger partial charge is 0.326 e. The van der Waals surface area contributed by atoms with Crippen LogP contribution in [0, 0.1) is 0 Å². The first kappa shape index (κ1) is 19.1. The first-order valence-electron chi connectivity index (χ1n) is 8.30. The lowest BCUT2D eigenvalue weighted by molar-refractivity contribution is -0.114. The van der Waals surface area contributed by atoms with Gasteiger partial charge in [-0.25, -0.2) is 13.1 Å². The number of carbonyl (C=O) groups excluding carboxylic acids is 1. The van der Waals surface area contributed by atoms with E-state index in [4.69, 9.17) is 0 Å². The predicted molar refractivity (Wildman–Crippen MR) is 99.9 cm³/mol. The molecule has 0 saturated heterocycles. The van der Waals surface area contributed by atoms with Crippen LogP contribution in [0.3, 0.4) is 0 Å². The fraction of sp³-hybridized carbons (Fsp3) is 0.316. The minimum absolute atomic E-state index is 0.163. The molecule has 1 unspecified atom stereocenters.